The van der Waals surface area contributed by atoms with Crippen molar-refractivity contribution < 1.29 is 9.53 Å². The van der Waals surface area contributed by atoms with Gasteiger partial charge in [-0.2, -0.15) is 0 Å². The highest BCUT2D eigenvalue weighted by Crippen LogP contribution is 2.17. The number of carbonyl (C=O) groups is 1. The standard InChI is InChI=1S/C20H27N3O2/c1-4-5-14-23(2)20(24)17-10-11-19(22-15-17)21-13-12-16-8-6-7-9-18(16)25-3/h6-11,15H,4-5,12-14H2,1-3H3,(H,21,22). The van der Waals surface area contributed by atoms with Crippen LogP contribution in [0.2, 0.25) is 0 Å². The van der Waals surface area contributed by atoms with Crippen LogP contribution in [-0.2, 0) is 6.42 Å². The Balaban J connectivity index is 1.87. The second kappa shape index (κ2) is 9.67. The van der Waals surface area contributed by atoms with Crippen LogP contribution in [0.5, 0.6) is 5.75 Å². The molecule has 0 radical (unpaired) electrons. The Hall–Kier alpha value is -2.56. The predicted molar refractivity (Wildman–Crippen MR) is 101 cm³/mol. The first-order valence-electron chi connectivity index (χ1n) is 8.73. The zero-order valence-corrected chi connectivity index (χ0v) is 15.3. The maximum Gasteiger partial charge on any atom is 0.255 e. The van der Waals surface area contributed by atoms with Crippen LogP contribution in [0.25, 0.3) is 0 Å². The van der Waals surface area contributed by atoms with Crippen molar-refractivity contribution in [1.29, 1.82) is 0 Å². The van der Waals surface area contributed by atoms with E-state index in [9.17, 15) is 4.79 Å². The molecule has 134 valence electrons. The van der Waals surface area contributed by atoms with Gasteiger partial charge in [-0.1, -0.05) is 31.5 Å². The van der Waals surface area contributed by atoms with Gasteiger partial charge in [0.05, 0.1) is 12.7 Å². The van der Waals surface area contributed by atoms with Crippen molar-refractivity contribution in [2.75, 3.05) is 32.6 Å². The van der Waals surface area contributed by atoms with E-state index in [1.165, 1.54) is 0 Å². The summed E-state index contributed by atoms with van der Waals surface area (Å²) in [5.41, 5.74) is 1.77. The highest BCUT2D eigenvalue weighted by Gasteiger charge is 2.11. The average molecular weight is 341 g/mol. The second-order valence-electron chi connectivity index (χ2n) is 6.00. The molecule has 0 aliphatic carbocycles. The number of anilines is 1. The summed E-state index contributed by atoms with van der Waals surface area (Å²) >= 11 is 0. The van der Waals surface area contributed by atoms with E-state index in [0.717, 1.165) is 49.5 Å². The number of aromatic nitrogens is 1. The summed E-state index contributed by atoms with van der Waals surface area (Å²) in [6.45, 7) is 3.64. The van der Waals surface area contributed by atoms with Gasteiger partial charge in [0.15, 0.2) is 0 Å². The van der Waals surface area contributed by atoms with E-state index in [-0.39, 0.29) is 5.91 Å². The third-order valence-electron chi connectivity index (χ3n) is 4.10. The lowest BCUT2D eigenvalue weighted by atomic mass is 10.1. The van der Waals surface area contributed by atoms with Gasteiger partial charge in [-0.3, -0.25) is 4.79 Å². The summed E-state index contributed by atoms with van der Waals surface area (Å²) in [4.78, 5) is 18.4. The third-order valence-corrected chi connectivity index (χ3v) is 4.10. The Labute approximate surface area is 150 Å². The van der Waals surface area contributed by atoms with Crippen LogP contribution < -0.4 is 10.1 Å². The Morgan fingerprint density at radius 3 is 2.72 bits per heavy atom. The molecular weight excluding hydrogens is 314 g/mol. The number of benzene rings is 1. The lowest BCUT2D eigenvalue weighted by Gasteiger charge is -2.16. The van der Waals surface area contributed by atoms with Gasteiger partial charge >= 0.3 is 0 Å². The smallest absolute Gasteiger partial charge is 0.255 e. The van der Waals surface area contributed by atoms with Crippen LogP contribution in [0.1, 0.15) is 35.7 Å². The molecule has 25 heavy (non-hydrogen) atoms. The molecule has 2 aromatic rings. The highest BCUT2D eigenvalue weighted by molar-refractivity contribution is 5.93. The lowest BCUT2D eigenvalue weighted by molar-refractivity contribution is 0.0793. The normalized spacial score (nSPS) is 10.4. The number of hydrogen-bond acceptors (Lipinski definition) is 4. The van der Waals surface area contributed by atoms with Gasteiger partial charge in [0.1, 0.15) is 11.6 Å². The summed E-state index contributed by atoms with van der Waals surface area (Å²) in [5.74, 6) is 1.68. The molecule has 0 atom stereocenters. The number of hydrogen-bond donors (Lipinski definition) is 1. The minimum atomic E-state index is 0.0153. The number of nitrogens with zero attached hydrogens (tertiary/aromatic N) is 2. The van der Waals surface area contributed by atoms with Gasteiger partial charge in [-0.15, -0.1) is 0 Å². The molecule has 0 spiro atoms. The van der Waals surface area contributed by atoms with Gasteiger partial charge in [0.2, 0.25) is 0 Å². The summed E-state index contributed by atoms with van der Waals surface area (Å²) < 4.78 is 5.35. The van der Waals surface area contributed by atoms with Gasteiger partial charge < -0.3 is 15.0 Å². The van der Waals surface area contributed by atoms with E-state index in [2.05, 4.69) is 23.3 Å². The van der Waals surface area contributed by atoms with E-state index in [0.29, 0.717) is 5.56 Å². The van der Waals surface area contributed by atoms with Gasteiger partial charge in [0.25, 0.3) is 5.91 Å². The maximum atomic E-state index is 12.3. The predicted octanol–water partition coefficient (Wildman–Crippen LogP) is 3.62. The number of nitrogens with one attached hydrogen (secondary N) is 1. The van der Waals surface area contributed by atoms with Crippen molar-refractivity contribution >= 4 is 11.7 Å². The SMILES string of the molecule is CCCCN(C)C(=O)c1ccc(NCCc2ccccc2OC)nc1. The minimum absolute atomic E-state index is 0.0153. The fraction of sp³-hybridized carbons (Fsp3) is 0.400. The van der Waals surface area contributed by atoms with E-state index in [1.54, 1.807) is 18.2 Å². The number of unbranched alkanes of at least 4 members (excludes halogenated alkanes) is 1. The number of methoxy groups -OCH3 is 1. The van der Waals surface area contributed by atoms with E-state index in [1.807, 2.05) is 37.4 Å². The molecule has 0 unspecified atom stereocenters. The fourth-order valence-corrected chi connectivity index (χ4v) is 2.58. The molecule has 0 fully saturated rings. The first-order valence-corrected chi connectivity index (χ1v) is 8.73. The van der Waals surface area contributed by atoms with Gasteiger partial charge in [-0.25, -0.2) is 4.98 Å². The minimum Gasteiger partial charge on any atom is -0.496 e. The third kappa shape index (κ3) is 5.48. The number of rotatable bonds is 9. The monoisotopic (exact) mass is 341 g/mol. The Kier molecular flexibility index (Phi) is 7.26. The van der Waals surface area contributed by atoms with Crippen LogP contribution in [0.15, 0.2) is 42.6 Å². The fourth-order valence-electron chi connectivity index (χ4n) is 2.58. The van der Waals surface area contributed by atoms with E-state index < -0.39 is 0 Å². The summed E-state index contributed by atoms with van der Waals surface area (Å²) in [5, 5.41) is 3.28. The molecular formula is C20H27N3O2. The zero-order chi connectivity index (χ0) is 18.1. The summed E-state index contributed by atoms with van der Waals surface area (Å²) in [6.07, 6.45) is 4.56. The Morgan fingerprint density at radius 1 is 1.24 bits per heavy atom. The molecule has 5 heteroatoms. The number of para-hydroxylation sites is 1. The van der Waals surface area contributed by atoms with E-state index in [4.69, 9.17) is 4.74 Å². The number of pyridine rings is 1. The molecule has 1 amide bonds. The average Bonchev–Trinajstić information content (AvgIpc) is 2.66. The molecule has 1 aromatic carbocycles. The topological polar surface area (TPSA) is 54.5 Å². The maximum absolute atomic E-state index is 12.3. The molecule has 1 aromatic heterocycles. The zero-order valence-electron chi connectivity index (χ0n) is 15.3. The number of amides is 1. The van der Waals surface area contributed by atoms with Crippen molar-refractivity contribution in [3.63, 3.8) is 0 Å². The molecule has 0 bridgehead atoms. The molecule has 0 saturated heterocycles. The van der Waals surface area contributed by atoms with Crippen LogP contribution in [0.4, 0.5) is 5.82 Å². The van der Waals surface area contributed by atoms with Crippen molar-refractivity contribution in [1.82, 2.24) is 9.88 Å². The summed E-state index contributed by atoms with van der Waals surface area (Å²) in [7, 11) is 3.51. The van der Waals surface area contributed by atoms with Crippen molar-refractivity contribution in [3.8, 4) is 5.75 Å². The van der Waals surface area contributed by atoms with Crippen LogP contribution in [-0.4, -0.2) is 43.0 Å². The van der Waals surface area contributed by atoms with Crippen LogP contribution in [0.3, 0.4) is 0 Å². The Morgan fingerprint density at radius 2 is 2.04 bits per heavy atom. The first-order chi connectivity index (χ1) is 12.2. The Bertz CT molecular complexity index is 671. The van der Waals surface area contributed by atoms with Crippen LogP contribution >= 0.6 is 0 Å². The molecule has 1 heterocycles. The molecule has 2 rings (SSSR count). The van der Waals surface area contributed by atoms with Crippen LogP contribution in [0, 0.1) is 0 Å². The number of ether oxygens (including phenoxy) is 1. The van der Waals surface area contributed by atoms with E-state index >= 15 is 0 Å². The summed E-state index contributed by atoms with van der Waals surface area (Å²) in [6, 6.07) is 11.7. The number of carbonyl (C=O) groups excluding carboxylic acids is 1. The molecule has 0 saturated carbocycles. The van der Waals surface area contributed by atoms with Gasteiger partial charge in [0, 0.05) is 26.3 Å². The quantitative estimate of drug-likeness (QED) is 0.757. The second-order valence-corrected chi connectivity index (χ2v) is 6.00. The highest BCUT2D eigenvalue weighted by atomic mass is 16.5. The van der Waals surface area contributed by atoms with Crippen molar-refractivity contribution in [2.24, 2.45) is 0 Å². The molecule has 0 aliphatic rings. The molecule has 5 nitrogen and oxygen atoms in total. The van der Waals surface area contributed by atoms with Crippen molar-refractivity contribution in [3.05, 3.63) is 53.7 Å². The molecule has 1 N–H and O–H groups in total. The first kappa shape index (κ1) is 18.8. The largest absolute Gasteiger partial charge is 0.496 e. The van der Waals surface area contributed by atoms with Gasteiger partial charge in [-0.05, 0) is 36.6 Å². The molecule has 0 aliphatic heterocycles. The van der Waals surface area contributed by atoms with Crippen molar-refractivity contribution in [2.45, 2.75) is 26.2 Å². The lowest BCUT2D eigenvalue weighted by Crippen LogP contribution is -2.27.